The Bertz CT molecular complexity index is 572. The first-order valence-corrected chi connectivity index (χ1v) is 6.11. The van der Waals surface area contributed by atoms with Gasteiger partial charge in [0.05, 0.1) is 17.1 Å². The SMILES string of the molecule is CC(N)c1nc2ccc(F)c3c2n1CCCC3. The van der Waals surface area contributed by atoms with E-state index in [1.54, 1.807) is 6.07 Å². The Hall–Kier alpha value is -1.42. The molecule has 1 atom stereocenters. The fraction of sp³-hybridized carbons (Fsp3) is 0.462. The van der Waals surface area contributed by atoms with Crippen molar-refractivity contribution in [2.75, 3.05) is 0 Å². The number of aryl methyl sites for hydroxylation is 2. The number of nitrogens with zero attached hydrogens (tertiary/aromatic N) is 2. The van der Waals surface area contributed by atoms with Gasteiger partial charge < -0.3 is 10.3 Å². The molecule has 0 amide bonds. The molecule has 1 aliphatic rings. The average Bonchev–Trinajstić information content (AvgIpc) is 2.51. The Morgan fingerprint density at radius 3 is 3.00 bits per heavy atom. The van der Waals surface area contributed by atoms with Gasteiger partial charge in [0.25, 0.3) is 0 Å². The monoisotopic (exact) mass is 233 g/mol. The standard InChI is InChI=1S/C13H16FN3/c1-8(15)13-16-11-6-5-10(14)9-4-2-3-7-17(13)12(9)11/h5-6,8H,2-4,7,15H2,1H3. The lowest BCUT2D eigenvalue weighted by molar-refractivity contribution is 0.583. The quantitative estimate of drug-likeness (QED) is 0.822. The van der Waals surface area contributed by atoms with Crippen LogP contribution in [0.15, 0.2) is 12.1 Å². The second-order valence-electron chi connectivity index (χ2n) is 4.76. The number of halogens is 1. The molecule has 1 unspecified atom stereocenters. The summed E-state index contributed by atoms with van der Waals surface area (Å²) in [4.78, 5) is 4.54. The number of rotatable bonds is 1. The lowest BCUT2D eigenvalue weighted by Crippen LogP contribution is -2.13. The topological polar surface area (TPSA) is 43.8 Å². The second-order valence-corrected chi connectivity index (χ2v) is 4.76. The maximum absolute atomic E-state index is 13.9. The lowest BCUT2D eigenvalue weighted by atomic mass is 10.1. The third-order valence-corrected chi connectivity index (χ3v) is 3.45. The van der Waals surface area contributed by atoms with Gasteiger partial charge >= 0.3 is 0 Å². The van der Waals surface area contributed by atoms with Crippen molar-refractivity contribution in [3.63, 3.8) is 0 Å². The van der Waals surface area contributed by atoms with Gasteiger partial charge in [-0.1, -0.05) is 0 Å². The number of benzene rings is 1. The van der Waals surface area contributed by atoms with Crippen LogP contribution in [-0.2, 0) is 13.0 Å². The van der Waals surface area contributed by atoms with Gasteiger partial charge in [-0.05, 0) is 38.3 Å². The van der Waals surface area contributed by atoms with Gasteiger partial charge in [-0.25, -0.2) is 9.37 Å². The Balaban J connectivity index is 2.38. The number of nitrogens with two attached hydrogens (primary N) is 1. The molecule has 1 aliphatic heterocycles. The summed E-state index contributed by atoms with van der Waals surface area (Å²) in [6.45, 7) is 2.81. The van der Waals surface area contributed by atoms with E-state index in [1.807, 2.05) is 6.92 Å². The fourth-order valence-corrected chi connectivity index (χ4v) is 2.67. The molecule has 2 N–H and O–H groups in total. The lowest BCUT2D eigenvalue weighted by Gasteiger charge is -2.09. The van der Waals surface area contributed by atoms with Crippen LogP contribution in [-0.4, -0.2) is 9.55 Å². The first-order chi connectivity index (χ1) is 8.18. The van der Waals surface area contributed by atoms with E-state index >= 15 is 0 Å². The molecule has 3 rings (SSSR count). The average molecular weight is 233 g/mol. The molecule has 0 spiro atoms. The Labute approximate surface area is 99.4 Å². The van der Waals surface area contributed by atoms with Gasteiger partial charge in [0.15, 0.2) is 0 Å². The zero-order valence-electron chi connectivity index (χ0n) is 9.91. The molecule has 0 radical (unpaired) electrons. The molecular formula is C13H16FN3. The van der Waals surface area contributed by atoms with Crippen LogP contribution < -0.4 is 5.73 Å². The maximum atomic E-state index is 13.9. The van der Waals surface area contributed by atoms with Crippen LogP contribution in [0, 0.1) is 5.82 Å². The summed E-state index contributed by atoms with van der Waals surface area (Å²) in [5, 5.41) is 0. The second kappa shape index (κ2) is 3.81. The van der Waals surface area contributed by atoms with Crippen LogP contribution >= 0.6 is 0 Å². The summed E-state index contributed by atoms with van der Waals surface area (Å²) in [6, 6.07) is 3.16. The number of hydrogen-bond acceptors (Lipinski definition) is 2. The van der Waals surface area contributed by atoms with Crippen molar-refractivity contribution in [2.45, 2.75) is 38.8 Å². The van der Waals surface area contributed by atoms with E-state index in [0.29, 0.717) is 0 Å². The predicted octanol–water partition coefficient (Wildman–Crippen LogP) is 2.53. The van der Waals surface area contributed by atoms with Crippen molar-refractivity contribution in [3.8, 4) is 0 Å². The molecule has 1 aromatic heterocycles. The zero-order valence-corrected chi connectivity index (χ0v) is 9.91. The largest absolute Gasteiger partial charge is 0.326 e. The number of imidazole rings is 1. The summed E-state index contributed by atoms with van der Waals surface area (Å²) < 4.78 is 16.0. The van der Waals surface area contributed by atoms with E-state index in [1.165, 1.54) is 6.07 Å². The van der Waals surface area contributed by atoms with Crippen molar-refractivity contribution in [2.24, 2.45) is 5.73 Å². The Morgan fingerprint density at radius 1 is 1.41 bits per heavy atom. The van der Waals surface area contributed by atoms with Crippen LogP contribution in [0.5, 0.6) is 0 Å². The minimum absolute atomic E-state index is 0.114. The van der Waals surface area contributed by atoms with Crippen molar-refractivity contribution in [1.82, 2.24) is 9.55 Å². The molecule has 2 aromatic rings. The van der Waals surface area contributed by atoms with Gasteiger partial charge in [0.1, 0.15) is 11.6 Å². The molecule has 4 heteroatoms. The third kappa shape index (κ3) is 1.55. The molecule has 0 bridgehead atoms. The molecule has 1 aromatic carbocycles. The van der Waals surface area contributed by atoms with Gasteiger partial charge in [0.2, 0.25) is 0 Å². The first-order valence-electron chi connectivity index (χ1n) is 6.11. The van der Waals surface area contributed by atoms with Gasteiger partial charge in [0, 0.05) is 12.1 Å². The zero-order chi connectivity index (χ0) is 12.0. The van der Waals surface area contributed by atoms with Crippen molar-refractivity contribution in [1.29, 1.82) is 0 Å². The fourth-order valence-electron chi connectivity index (χ4n) is 2.67. The van der Waals surface area contributed by atoms with Crippen LogP contribution in [0.4, 0.5) is 4.39 Å². The van der Waals surface area contributed by atoms with Crippen LogP contribution in [0.1, 0.15) is 37.2 Å². The summed E-state index contributed by atoms with van der Waals surface area (Å²) in [5.41, 5.74) is 8.57. The van der Waals surface area contributed by atoms with E-state index < -0.39 is 0 Å². The van der Waals surface area contributed by atoms with Crippen molar-refractivity contribution < 1.29 is 4.39 Å². The van der Waals surface area contributed by atoms with E-state index in [-0.39, 0.29) is 11.9 Å². The first kappa shape index (κ1) is 10.7. The third-order valence-electron chi connectivity index (χ3n) is 3.45. The van der Waals surface area contributed by atoms with Crippen molar-refractivity contribution >= 4 is 11.0 Å². The summed E-state index contributed by atoms with van der Waals surface area (Å²) in [6.07, 6.45) is 2.88. The molecule has 0 saturated heterocycles. The highest BCUT2D eigenvalue weighted by atomic mass is 19.1. The molecule has 2 heterocycles. The van der Waals surface area contributed by atoms with Crippen LogP contribution in [0.3, 0.4) is 0 Å². The number of hydrogen-bond donors (Lipinski definition) is 1. The molecule has 17 heavy (non-hydrogen) atoms. The highest BCUT2D eigenvalue weighted by Gasteiger charge is 2.20. The summed E-state index contributed by atoms with van der Waals surface area (Å²) in [7, 11) is 0. The molecule has 90 valence electrons. The van der Waals surface area contributed by atoms with E-state index in [2.05, 4.69) is 9.55 Å². The summed E-state index contributed by atoms with van der Waals surface area (Å²) in [5.74, 6) is 0.755. The highest BCUT2D eigenvalue weighted by molar-refractivity contribution is 5.80. The van der Waals surface area contributed by atoms with Gasteiger partial charge in [-0.2, -0.15) is 0 Å². The number of aromatic nitrogens is 2. The van der Waals surface area contributed by atoms with Gasteiger partial charge in [-0.15, -0.1) is 0 Å². The predicted molar refractivity (Wildman–Crippen MR) is 65.2 cm³/mol. The molecule has 0 saturated carbocycles. The minimum atomic E-state index is -0.114. The molecule has 0 fully saturated rings. The van der Waals surface area contributed by atoms with E-state index in [4.69, 9.17) is 5.73 Å². The van der Waals surface area contributed by atoms with Crippen LogP contribution in [0.2, 0.25) is 0 Å². The maximum Gasteiger partial charge on any atom is 0.128 e. The molecular weight excluding hydrogens is 217 g/mol. The normalized spacial score (nSPS) is 17.1. The summed E-state index contributed by atoms with van der Waals surface area (Å²) >= 11 is 0. The Morgan fingerprint density at radius 2 is 2.24 bits per heavy atom. The molecule has 0 aliphatic carbocycles. The highest BCUT2D eigenvalue weighted by Crippen LogP contribution is 2.29. The van der Waals surface area contributed by atoms with E-state index in [0.717, 1.165) is 48.2 Å². The minimum Gasteiger partial charge on any atom is -0.326 e. The smallest absolute Gasteiger partial charge is 0.128 e. The van der Waals surface area contributed by atoms with E-state index in [9.17, 15) is 4.39 Å². The Kier molecular flexibility index (Phi) is 2.40. The van der Waals surface area contributed by atoms with Crippen molar-refractivity contribution in [3.05, 3.63) is 29.3 Å². The van der Waals surface area contributed by atoms with Crippen LogP contribution in [0.25, 0.3) is 11.0 Å². The molecule has 3 nitrogen and oxygen atoms in total. The van der Waals surface area contributed by atoms with Gasteiger partial charge in [-0.3, -0.25) is 0 Å².